The van der Waals surface area contributed by atoms with Crippen molar-refractivity contribution in [2.45, 2.75) is 18.8 Å². The summed E-state index contributed by atoms with van der Waals surface area (Å²) in [6, 6.07) is 15.1. The van der Waals surface area contributed by atoms with Gasteiger partial charge in [-0.05, 0) is 41.7 Å². The molecule has 2 N–H and O–H groups in total. The summed E-state index contributed by atoms with van der Waals surface area (Å²) in [6.45, 7) is 1.92. The number of guanidine groups is 1. The maximum Gasteiger partial charge on any atom is 0.190 e. The second kappa shape index (κ2) is 7.45. The van der Waals surface area contributed by atoms with Crippen molar-refractivity contribution in [1.82, 2.24) is 10.6 Å². The maximum absolute atomic E-state index is 4.30. The molecule has 0 aliphatic heterocycles. The van der Waals surface area contributed by atoms with E-state index in [2.05, 4.69) is 63.5 Å². The fourth-order valence-corrected chi connectivity index (χ4v) is 3.50. The molecule has 0 saturated heterocycles. The summed E-state index contributed by atoms with van der Waals surface area (Å²) in [5.74, 6) is 2.37. The van der Waals surface area contributed by atoms with Crippen LogP contribution in [-0.4, -0.2) is 26.1 Å². The summed E-state index contributed by atoms with van der Waals surface area (Å²) < 4.78 is 0. The Bertz CT molecular complexity index is 592. The third-order valence-electron chi connectivity index (χ3n) is 4.15. The van der Waals surface area contributed by atoms with Gasteiger partial charge in [-0.2, -0.15) is 0 Å². The van der Waals surface area contributed by atoms with Crippen LogP contribution < -0.4 is 10.6 Å². The van der Waals surface area contributed by atoms with Crippen molar-refractivity contribution in [2.75, 3.05) is 20.1 Å². The summed E-state index contributed by atoms with van der Waals surface area (Å²) in [4.78, 5) is 5.71. The molecule has 1 aliphatic rings. The molecule has 0 bridgehead atoms. The van der Waals surface area contributed by atoms with Gasteiger partial charge in [0.05, 0.1) is 0 Å². The summed E-state index contributed by atoms with van der Waals surface area (Å²) in [6.07, 6.45) is 2.33. The Morgan fingerprint density at radius 3 is 2.77 bits per heavy atom. The van der Waals surface area contributed by atoms with E-state index in [1.807, 2.05) is 18.4 Å². The molecule has 116 valence electrons. The van der Waals surface area contributed by atoms with E-state index in [0.29, 0.717) is 0 Å². The topological polar surface area (TPSA) is 36.4 Å². The van der Waals surface area contributed by atoms with Gasteiger partial charge in [0.15, 0.2) is 5.96 Å². The number of nitrogens with zero attached hydrogens (tertiary/aromatic N) is 1. The van der Waals surface area contributed by atoms with Crippen LogP contribution in [-0.2, 0) is 6.42 Å². The minimum atomic E-state index is 0.720. The van der Waals surface area contributed by atoms with Crippen LogP contribution in [0.25, 0.3) is 0 Å². The van der Waals surface area contributed by atoms with Gasteiger partial charge in [-0.15, -0.1) is 11.3 Å². The molecular weight excluding hydrogens is 290 g/mol. The predicted molar refractivity (Wildman–Crippen MR) is 94.7 cm³/mol. The first kappa shape index (κ1) is 15.1. The van der Waals surface area contributed by atoms with Crippen LogP contribution in [0.15, 0.2) is 52.8 Å². The van der Waals surface area contributed by atoms with Crippen LogP contribution in [0.5, 0.6) is 0 Å². The third-order valence-corrected chi connectivity index (χ3v) is 5.09. The highest BCUT2D eigenvalue weighted by atomic mass is 32.1. The lowest BCUT2D eigenvalue weighted by molar-refractivity contribution is 0.718. The number of hydrogen-bond acceptors (Lipinski definition) is 2. The van der Waals surface area contributed by atoms with Crippen molar-refractivity contribution in [1.29, 1.82) is 0 Å². The average Bonchev–Trinajstić information content (AvgIpc) is 3.16. The quantitative estimate of drug-likeness (QED) is 0.634. The molecule has 0 amide bonds. The Balaban J connectivity index is 1.37. The van der Waals surface area contributed by atoms with Crippen LogP contribution in [0.3, 0.4) is 0 Å². The molecule has 2 aromatic rings. The minimum Gasteiger partial charge on any atom is -0.356 e. The second-order valence-electron chi connectivity index (χ2n) is 5.72. The van der Waals surface area contributed by atoms with E-state index >= 15 is 0 Å². The smallest absolute Gasteiger partial charge is 0.190 e. The molecule has 0 spiro atoms. The molecule has 1 saturated carbocycles. The molecule has 1 aromatic heterocycles. The zero-order chi connectivity index (χ0) is 15.2. The van der Waals surface area contributed by atoms with Crippen LogP contribution in [0, 0.1) is 5.92 Å². The third kappa shape index (κ3) is 4.10. The van der Waals surface area contributed by atoms with Crippen LogP contribution in [0.2, 0.25) is 0 Å². The Kier molecular flexibility index (Phi) is 5.11. The van der Waals surface area contributed by atoms with Gasteiger partial charge in [0.1, 0.15) is 0 Å². The molecule has 3 nitrogen and oxygen atoms in total. The molecular formula is C18H23N3S. The molecule has 1 heterocycles. The molecule has 4 heteroatoms. The second-order valence-corrected chi connectivity index (χ2v) is 6.75. The Hall–Kier alpha value is -1.81. The molecule has 2 unspecified atom stereocenters. The highest BCUT2D eigenvalue weighted by Gasteiger charge is 2.37. The van der Waals surface area contributed by atoms with Crippen molar-refractivity contribution >= 4 is 17.3 Å². The van der Waals surface area contributed by atoms with Crippen LogP contribution >= 0.6 is 11.3 Å². The Morgan fingerprint density at radius 1 is 1.18 bits per heavy atom. The SMILES string of the molecule is CN=C(NCCc1cccs1)NCC1CC1c1ccccc1. The zero-order valence-electron chi connectivity index (χ0n) is 13.0. The highest BCUT2D eigenvalue weighted by molar-refractivity contribution is 7.09. The number of hydrogen-bond donors (Lipinski definition) is 2. The van der Waals surface area contributed by atoms with Gasteiger partial charge in [-0.25, -0.2) is 0 Å². The molecule has 2 atom stereocenters. The normalized spacial score (nSPS) is 20.7. The van der Waals surface area contributed by atoms with Gasteiger partial charge in [0.25, 0.3) is 0 Å². The van der Waals surface area contributed by atoms with Crippen molar-refractivity contribution in [3.05, 3.63) is 58.3 Å². The van der Waals surface area contributed by atoms with Crippen molar-refractivity contribution < 1.29 is 0 Å². The van der Waals surface area contributed by atoms with Crippen molar-refractivity contribution in [2.24, 2.45) is 10.9 Å². The molecule has 22 heavy (non-hydrogen) atoms. The summed E-state index contributed by atoms with van der Waals surface area (Å²) in [7, 11) is 1.84. The molecule has 1 aliphatic carbocycles. The van der Waals surface area contributed by atoms with E-state index in [1.165, 1.54) is 16.9 Å². The first-order valence-corrected chi connectivity index (χ1v) is 8.76. The maximum atomic E-state index is 4.30. The van der Waals surface area contributed by atoms with E-state index in [9.17, 15) is 0 Å². The highest BCUT2D eigenvalue weighted by Crippen LogP contribution is 2.46. The Labute approximate surface area is 136 Å². The lowest BCUT2D eigenvalue weighted by Gasteiger charge is -2.11. The van der Waals surface area contributed by atoms with Crippen molar-refractivity contribution in [3.8, 4) is 0 Å². The molecule has 1 aromatic carbocycles. The number of rotatable bonds is 6. The summed E-state index contributed by atoms with van der Waals surface area (Å²) in [5, 5.41) is 8.97. The van der Waals surface area contributed by atoms with E-state index in [4.69, 9.17) is 0 Å². The Morgan fingerprint density at radius 2 is 2.05 bits per heavy atom. The largest absolute Gasteiger partial charge is 0.356 e. The van der Waals surface area contributed by atoms with Gasteiger partial charge in [-0.3, -0.25) is 4.99 Å². The van der Waals surface area contributed by atoms with E-state index in [0.717, 1.165) is 37.3 Å². The van der Waals surface area contributed by atoms with Crippen LogP contribution in [0.4, 0.5) is 0 Å². The first-order valence-electron chi connectivity index (χ1n) is 7.88. The number of aliphatic imine (C=N–C) groups is 1. The average molecular weight is 313 g/mol. The first-order chi connectivity index (χ1) is 10.9. The number of benzene rings is 1. The number of nitrogens with one attached hydrogen (secondary N) is 2. The summed E-state index contributed by atoms with van der Waals surface area (Å²) in [5.41, 5.74) is 1.47. The van der Waals surface area contributed by atoms with E-state index < -0.39 is 0 Å². The molecule has 1 fully saturated rings. The lowest BCUT2D eigenvalue weighted by atomic mass is 10.1. The van der Waals surface area contributed by atoms with Gasteiger partial charge < -0.3 is 10.6 Å². The van der Waals surface area contributed by atoms with Gasteiger partial charge >= 0.3 is 0 Å². The minimum absolute atomic E-state index is 0.720. The van der Waals surface area contributed by atoms with E-state index in [-0.39, 0.29) is 0 Å². The lowest BCUT2D eigenvalue weighted by Crippen LogP contribution is -2.39. The monoisotopic (exact) mass is 313 g/mol. The standard InChI is InChI=1S/C18H23N3S/c1-19-18(20-10-9-16-8-5-11-22-16)21-13-15-12-17(15)14-6-3-2-4-7-14/h2-8,11,15,17H,9-10,12-13H2,1H3,(H2,19,20,21). The van der Waals surface area contributed by atoms with Gasteiger partial charge in [0.2, 0.25) is 0 Å². The molecule has 0 radical (unpaired) electrons. The number of thiophene rings is 1. The fraction of sp³-hybridized carbons (Fsp3) is 0.389. The van der Waals surface area contributed by atoms with Crippen LogP contribution in [0.1, 0.15) is 22.8 Å². The van der Waals surface area contributed by atoms with Crippen molar-refractivity contribution in [3.63, 3.8) is 0 Å². The summed E-state index contributed by atoms with van der Waals surface area (Å²) >= 11 is 1.81. The molecule has 3 rings (SSSR count). The predicted octanol–water partition coefficient (Wildman–Crippen LogP) is 3.26. The van der Waals surface area contributed by atoms with E-state index in [1.54, 1.807) is 0 Å². The zero-order valence-corrected chi connectivity index (χ0v) is 13.8. The fourth-order valence-electron chi connectivity index (χ4n) is 2.79. The van der Waals surface area contributed by atoms with Gasteiger partial charge in [0, 0.05) is 25.0 Å². The van der Waals surface area contributed by atoms with Gasteiger partial charge in [-0.1, -0.05) is 36.4 Å².